The molecule has 25 heavy (non-hydrogen) atoms. The highest BCUT2D eigenvalue weighted by Crippen LogP contribution is 2.34. The van der Waals surface area contributed by atoms with Crippen molar-refractivity contribution in [2.45, 2.75) is 26.3 Å². The largest absolute Gasteiger partial charge is 0.322 e. The first-order valence-electron chi connectivity index (χ1n) is 7.86. The van der Waals surface area contributed by atoms with Crippen LogP contribution in [0.25, 0.3) is 0 Å². The average Bonchev–Trinajstić information content (AvgIpc) is 2.84. The Kier molecular flexibility index (Phi) is 4.51. The van der Waals surface area contributed by atoms with Crippen molar-refractivity contribution in [1.29, 1.82) is 0 Å². The molecule has 0 radical (unpaired) electrons. The Hall–Kier alpha value is -2.05. The van der Waals surface area contributed by atoms with Gasteiger partial charge in [0.15, 0.2) is 0 Å². The molecule has 132 valence electrons. The maximum absolute atomic E-state index is 12.5. The minimum Gasteiger partial charge on any atom is -0.322 e. The number of fused-ring (bicyclic) bond motifs is 1. The van der Waals surface area contributed by atoms with Crippen molar-refractivity contribution in [3.63, 3.8) is 0 Å². The monoisotopic (exact) mass is 378 g/mol. The van der Waals surface area contributed by atoms with E-state index in [0.29, 0.717) is 28.4 Å². The molecule has 0 bridgehead atoms. The second-order valence-electron chi connectivity index (χ2n) is 6.37. The molecule has 1 aliphatic heterocycles. The van der Waals surface area contributed by atoms with Crippen LogP contribution in [0.2, 0.25) is 5.02 Å². The van der Waals surface area contributed by atoms with E-state index in [4.69, 9.17) is 11.6 Å². The summed E-state index contributed by atoms with van der Waals surface area (Å²) < 4.78 is 25.3. The second-order valence-corrected chi connectivity index (χ2v) is 8.66. The zero-order valence-electron chi connectivity index (χ0n) is 14.2. The van der Waals surface area contributed by atoms with Gasteiger partial charge in [-0.05, 0) is 67.8 Å². The number of anilines is 2. The topological polar surface area (TPSA) is 66.5 Å². The van der Waals surface area contributed by atoms with Gasteiger partial charge >= 0.3 is 0 Å². The maximum Gasteiger partial charge on any atom is 0.255 e. The number of carbonyl (C=O) groups is 1. The van der Waals surface area contributed by atoms with Gasteiger partial charge in [0.05, 0.1) is 11.9 Å². The molecule has 0 saturated carbocycles. The Bertz CT molecular complexity index is 957. The first-order valence-corrected chi connectivity index (χ1v) is 10.1. The molecular weight excluding hydrogens is 360 g/mol. The fourth-order valence-corrected chi connectivity index (χ4v) is 4.70. The van der Waals surface area contributed by atoms with Gasteiger partial charge in [0.25, 0.3) is 5.91 Å². The van der Waals surface area contributed by atoms with Crippen molar-refractivity contribution in [1.82, 2.24) is 0 Å². The van der Waals surface area contributed by atoms with Crippen molar-refractivity contribution in [3.8, 4) is 0 Å². The number of hydrogen-bond donors (Lipinski definition) is 1. The van der Waals surface area contributed by atoms with Crippen LogP contribution < -0.4 is 9.62 Å². The molecule has 2 aromatic rings. The molecule has 1 amide bonds. The molecule has 1 unspecified atom stereocenters. The Labute approximate surface area is 152 Å². The van der Waals surface area contributed by atoms with E-state index in [1.807, 2.05) is 13.8 Å². The molecule has 0 spiro atoms. The SMILES string of the molecule is Cc1cc(Cl)ccc1NC(=O)c1ccc2c(c1)CC(C)N2S(C)(=O)=O. The van der Waals surface area contributed by atoms with E-state index >= 15 is 0 Å². The maximum atomic E-state index is 12.5. The number of aryl methyl sites for hydroxylation is 1. The molecule has 0 aromatic heterocycles. The van der Waals surface area contributed by atoms with Gasteiger partial charge in [-0.3, -0.25) is 9.10 Å². The highest BCUT2D eigenvalue weighted by atomic mass is 35.5. The van der Waals surface area contributed by atoms with Crippen molar-refractivity contribution in [2.75, 3.05) is 15.9 Å². The van der Waals surface area contributed by atoms with Gasteiger partial charge in [-0.1, -0.05) is 11.6 Å². The van der Waals surface area contributed by atoms with Gasteiger partial charge < -0.3 is 5.32 Å². The van der Waals surface area contributed by atoms with Gasteiger partial charge in [-0.2, -0.15) is 0 Å². The third-order valence-corrected chi connectivity index (χ3v) is 5.80. The van der Waals surface area contributed by atoms with Crippen LogP contribution in [0.5, 0.6) is 0 Å². The highest BCUT2D eigenvalue weighted by molar-refractivity contribution is 7.92. The Morgan fingerprint density at radius 1 is 1.24 bits per heavy atom. The quantitative estimate of drug-likeness (QED) is 0.887. The van der Waals surface area contributed by atoms with E-state index in [-0.39, 0.29) is 11.9 Å². The Morgan fingerprint density at radius 2 is 1.96 bits per heavy atom. The van der Waals surface area contributed by atoms with E-state index in [9.17, 15) is 13.2 Å². The molecule has 3 rings (SSSR count). The molecule has 1 heterocycles. The van der Waals surface area contributed by atoms with Crippen molar-refractivity contribution < 1.29 is 13.2 Å². The van der Waals surface area contributed by atoms with Gasteiger partial charge in [0.1, 0.15) is 0 Å². The number of nitrogens with zero attached hydrogens (tertiary/aromatic N) is 1. The van der Waals surface area contributed by atoms with Gasteiger partial charge in [0, 0.05) is 22.3 Å². The van der Waals surface area contributed by atoms with Crippen LogP contribution in [-0.2, 0) is 16.4 Å². The molecule has 0 aliphatic carbocycles. The summed E-state index contributed by atoms with van der Waals surface area (Å²) in [6, 6.07) is 10.2. The van der Waals surface area contributed by atoms with Crippen LogP contribution in [0.1, 0.15) is 28.4 Å². The van der Waals surface area contributed by atoms with E-state index in [0.717, 1.165) is 11.1 Å². The first kappa shape index (κ1) is 17.8. The smallest absolute Gasteiger partial charge is 0.255 e. The van der Waals surface area contributed by atoms with Crippen molar-refractivity contribution >= 4 is 38.9 Å². The summed E-state index contributed by atoms with van der Waals surface area (Å²) in [6.07, 6.45) is 1.78. The van der Waals surface area contributed by atoms with E-state index in [1.165, 1.54) is 10.6 Å². The zero-order valence-corrected chi connectivity index (χ0v) is 15.8. The minimum absolute atomic E-state index is 0.151. The zero-order chi connectivity index (χ0) is 18.4. The third-order valence-electron chi connectivity index (χ3n) is 4.29. The predicted octanol–water partition coefficient (Wildman–Crippen LogP) is 3.61. The lowest BCUT2D eigenvalue weighted by atomic mass is 10.1. The number of nitrogens with one attached hydrogen (secondary N) is 1. The van der Waals surface area contributed by atoms with Crippen LogP contribution in [-0.4, -0.2) is 26.6 Å². The van der Waals surface area contributed by atoms with Crippen LogP contribution in [0.3, 0.4) is 0 Å². The lowest BCUT2D eigenvalue weighted by Gasteiger charge is -2.21. The number of halogens is 1. The molecule has 1 aliphatic rings. The highest BCUT2D eigenvalue weighted by Gasteiger charge is 2.32. The fourth-order valence-electron chi connectivity index (χ4n) is 3.21. The summed E-state index contributed by atoms with van der Waals surface area (Å²) in [6.45, 7) is 3.73. The lowest BCUT2D eigenvalue weighted by molar-refractivity contribution is 0.102. The summed E-state index contributed by atoms with van der Waals surface area (Å²) in [4.78, 5) is 12.5. The summed E-state index contributed by atoms with van der Waals surface area (Å²) >= 11 is 5.93. The molecule has 1 atom stereocenters. The summed E-state index contributed by atoms with van der Waals surface area (Å²) in [5.41, 5.74) is 3.57. The molecule has 7 heteroatoms. The van der Waals surface area contributed by atoms with Crippen LogP contribution >= 0.6 is 11.6 Å². The van der Waals surface area contributed by atoms with E-state index < -0.39 is 10.0 Å². The normalized spacial score (nSPS) is 16.6. The van der Waals surface area contributed by atoms with Gasteiger partial charge in [0.2, 0.25) is 10.0 Å². The lowest BCUT2D eigenvalue weighted by Crippen LogP contribution is -2.34. The molecule has 0 fully saturated rings. The Balaban J connectivity index is 1.88. The van der Waals surface area contributed by atoms with E-state index in [2.05, 4.69) is 5.32 Å². The summed E-state index contributed by atoms with van der Waals surface area (Å²) in [7, 11) is -3.34. The van der Waals surface area contributed by atoms with Gasteiger partial charge in [-0.15, -0.1) is 0 Å². The second kappa shape index (κ2) is 6.35. The molecule has 1 N–H and O–H groups in total. The van der Waals surface area contributed by atoms with E-state index in [1.54, 1.807) is 36.4 Å². The molecule has 0 saturated heterocycles. The number of hydrogen-bond acceptors (Lipinski definition) is 3. The predicted molar refractivity (Wildman–Crippen MR) is 101 cm³/mol. The van der Waals surface area contributed by atoms with Crippen LogP contribution in [0.15, 0.2) is 36.4 Å². The van der Waals surface area contributed by atoms with Crippen molar-refractivity contribution in [3.05, 3.63) is 58.1 Å². The van der Waals surface area contributed by atoms with Crippen LogP contribution in [0.4, 0.5) is 11.4 Å². The number of rotatable bonds is 3. The summed E-state index contributed by atoms with van der Waals surface area (Å²) in [5.74, 6) is -0.237. The van der Waals surface area contributed by atoms with Gasteiger partial charge in [-0.25, -0.2) is 8.42 Å². The first-order chi connectivity index (χ1) is 11.7. The number of benzene rings is 2. The minimum atomic E-state index is -3.34. The van der Waals surface area contributed by atoms with Crippen LogP contribution in [0, 0.1) is 6.92 Å². The average molecular weight is 379 g/mol. The standard InChI is InChI=1S/C18H19ClN2O3S/c1-11-8-15(19)5-6-16(11)20-18(22)13-4-7-17-14(10-13)9-12(2)21(17)25(3,23)24/h4-8,10,12H,9H2,1-3H3,(H,20,22). The third kappa shape index (κ3) is 3.50. The van der Waals surface area contributed by atoms with Crippen molar-refractivity contribution in [2.24, 2.45) is 0 Å². The number of carbonyl (C=O) groups excluding carboxylic acids is 1. The summed E-state index contributed by atoms with van der Waals surface area (Å²) in [5, 5.41) is 3.48. The molecule has 2 aromatic carbocycles. The molecule has 5 nitrogen and oxygen atoms in total. The number of sulfonamides is 1. The number of amides is 1. The Morgan fingerprint density at radius 3 is 2.60 bits per heavy atom. The molecular formula is C18H19ClN2O3S. The fraction of sp³-hybridized carbons (Fsp3) is 0.278.